The number of aromatic nitrogens is 2. The Morgan fingerprint density at radius 1 is 1.17 bits per heavy atom. The van der Waals surface area contributed by atoms with Crippen LogP contribution in [0.3, 0.4) is 0 Å². The van der Waals surface area contributed by atoms with Crippen molar-refractivity contribution in [2.24, 2.45) is 5.73 Å². The van der Waals surface area contributed by atoms with Gasteiger partial charge in [0.15, 0.2) is 15.8 Å². The molecule has 0 spiro atoms. The first-order valence-electron chi connectivity index (χ1n) is 9.23. The topological polar surface area (TPSA) is 126 Å². The van der Waals surface area contributed by atoms with Crippen LogP contribution in [-0.2, 0) is 22.0 Å². The van der Waals surface area contributed by atoms with Crippen LogP contribution < -0.4 is 5.73 Å². The molecule has 0 amide bonds. The van der Waals surface area contributed by atoms with Gasteiger partial charge in [0.05, 0.1) is 10.6 Å². The summed E-state index contributed by atoms with van der Waals surface area (Å²) >= 11 is 0. The van der Waals surface area contributed by atoms with Crippen LogP contribution in [0, 0.1) is 5.41 Å². The third-order valence-electron chi connectivity index (χ3n) is 5.00. The molecule has 1 atom stereocenters. The van der Waals surface area contributed by atoms with Crippen molar-refractivity contribution in [1.82, 2.24) is 15.0 Å². The van der Waals surface area contributed by atoms with Crippen molar-refractivity contribution in [2.45, 2.75) is 29.5 Å². The largest absolute Gasteiger partial charge is 0.370 e. The SMILES string of the molecule is N=C(N)N1CC[C@H]1Cc1nc(-c2ccc(CS(=O)(=O)c3ccccc3)cc2)no1. The van der Waals surface area contributed by atoms with Crippen molar-refractivity contribution in [3.05, 3.63) is 66.1 Å². The fraction of sp³-hybridized carbons (Fsp3) is 0.250. The molecule has 0 bridgehead atoms. The molecular weight excluding hydrogens is 390 g/mol. The molecule has 0 radical (unpaired) electrons. The highest BCUT2D eigenvalue weighted by Crippen LogP contribution is 2.23. The Kier molecular flexibility index (Phi) is 5.06. The van der Waals surface area contributed by atoms with Gasteiger partial charge in [-0.2, -0.15) is 4.98 Å². The van der Waals surface area contributed by atoms with Gasteiger partial charge in [0.1, 0.15) is 0 Å². The molecular formula is C20H21N5O3S. The van der Waals surface area contributed by atoms with Crippen molar-refractivity contribution in [3.8, 4) is 11.4 Å². The zero-order chi connectivity index (χ0) is 20.4. The molecule has 29 heavy (non-hydrogen) atoms. The second kappa shape index (κ2) is 7.67. The number of nitrogens with zero attached hydrogens (tertiary/aromatic N) is 3. The van der Waals surface area contributed by atoms with E-state index in [0.29, 0.717) is 28.6 Å². The van der Waals surface area contributed by atoms with Crippen LogP contribution in [-0.4, -0.2) is 42.0 Å². The highest BCUT2D eigenvalue weighted by Gasteiger charge is 2.30. The summed E-state index contributed by atoms with van der Waals surface area (Å²) in [6.07, 6.45) is 1.47. The number of likely N-dealkylation sites (tertiary alicyclic amines) is 1. The fourth-order valence-corrected chi connectivity index (χ4v) is 4.68. The Hall–Kier alpha value is -3.20. The number of hydrogen-bond acceptors (Lipinski definition) is 6. The van der Waals surface area contributed by atoms with Gasteiger partial charge in [0.2, 0.25) is 11.7 Å². The van der Waals surface area contributed by atoms with Crippen molar-refractivity contribution in [3.63, 3.8) is 0 Å². The van der Waals surface area contributed by atoms with Crippen molar-refractivity contribution in [1.29, 1.82) is 5.41 Å². The average molecular weight is 411 g/mol. The molecule has 1 aliphatic rings. The highest BCUT2D eigenvalue weighted by atomic mass is 32.2. The van der Waals surface area contributed by atoms with Gasteiger partial charge in [-0.15, -0.1) is 0 Å². The van der Waals surface area contributed by atoms with Crippen molar-refractivity contribution < 1.29 is 12.9 Å². The van der Waals surface area contributed by atoms with Gasteiger partial charge in [-0.25, -0.2) is 8.42 Å². The molecule has 2 aromatic carbocycles. The predicted octanol–water partition coefficient (Wildman–Crippen LogP) is 2.22. The van der Waals surface area contributed by atoms with Crippen molar-refractivity contribution in [2.75, 3.05) is 6.54 Å². The minimum atomic E-state index is -3.39. The van der Waals surface area contributed by atoms with Gasteiger partial charge in [0, 0.05) is 24.6 Å². The van der Waals surface area contributed by atoms with Gasteiger partial charge in [-0.3, -0.25) is 5.41 Å². The summed E-state index contributed by atoms with van der Waals surface area (Å²) in [5.74, 6) is 0.928. The molecule has 8 nitrogen and oxygen atoms in total. The Labute approximate surface area is 168 Å². The summed E-state index contributed by atoms with van der Waals surface area (Å²) in [5, 5.41) is 11.5. The van der Waals surface area contributed by atoms with E-state index in [1.807, 2.05) is 0 Å². The molecule has 150 valence electrons. The smallest absolute Gasteiger partial charge is 0.229 e. The van der Waals surface area contributed by atoms with Gasteiger partial charge in [-0.05, 0) is 24.1 Å². The zero-order valence-corrected chi connectivity index (χ0v) is 16.5. The number of sulfone groups is 1. The molecule has 3 aromatic rings. The van der Waals surface area contributed by atoms with Crippen molar-refractivity contribution >= 4 is 15.8 Å². The molecule has 0 aliphatic carbocycles. The van der Waals surface area contributed by atoms with Gasteiger partial charge in [-0.1, -0.05) is 47.6 Å². The molecule has 9 heteroatoms. The molecule has 0 unspecified atom stereocenters. The van der Waals surface area contributed by atoms with E-state index in [4.69, 9.17) is 15.7 Å². The van der Waals surface area contributed by atoms with E-state index in [2.05, 4.69) is 10.1 Å². The molecule has 1 saturated heterocycles. The van der Waals surface area contributed by atoms with Crippen LogP contribution in [0.5, 0.6) is 0 Å². The van der Waals surface area contributed by atoms with Crippen LogP contribution in [0.2, 0.25) is 0 Å². The average Bonchev–Trinajstić information content (AvgIpc) is 3.15. The van der Waals surface area contributed by atoms with E-state index >= 15 is 0 Å². The Balaban J connectivity index is 1.43. The fourth-order valence-electron chi connectivity index (χ4n) is 3.31. The number of rotatable bonds is 6. The van der Waals surface area contributed by atoms with E-state index in [-0.39, 0.29) is 17.8 Å². The Morgan fingerprint density at radius 3 is 2.52 bits per heavy atom. The lowest BCUT2D eigenvalue weighted by molar-refractivity contribution is 0.168. The Morgan fingerprint density at radius 2 is 1.90 bits per heavy atom. The molecule has 3 N–H and O–H groups in total. The highest BCUT2D eigenvalue weighted by molar-refractivity contribution is 7.90. The lowest BCUT2D eigenvalue weighted by atomic mass is 10.0. The van der Waals surface area contributed by atoms with Gasteiger partial charge >= 0.3 is 0 Å². The molecule has 2 heterocycles. The lowest BCUT2D eigenvalue weighted by Gasteiger charge is -2.40. The van der Waals surface area contributed by atoms with Crippen LogP contribution in [0.4, 0.5) is 0 Å². The molecule has 1 fully saturated rings. The standard InChI is InChI=1S/C20H21N5O3S/c21-20(22)25-11-10-16(25)12-18-23-19(24-28-18)15-8-6-14(7-9-15)13-29(26,27)17-4-2-1-3-5-17/h1-9,16H,10-13H2,(H3,21,22)/t16-/m0/s1. The minimum Gasteiger partial charge on any atom is -0.370 e. The van der Waals surface area contributed by atoms with E-state index in [1.54, 1.807) is 59.5 Å². The number of benzene rings is 2. The second-order valence-electron chi connectivity index (χ2n) is 7.01. The molecule has 0 saturated carbocycles. The summed E-state index contributed by atoms with van der Waals surface area (Å²) < 4.78 is 30.3. The van der Waals surface area contributed by atoms with E-state index in [1.165, 1.54) is 0 Å². The molecule has 1 aromatic heterocycles. The quantitative estimate of drug-likeness (QED) is 0.470. The van der Waals surface area contributed by atoms with Crippen LogP contribution in [0.15, 0.2) is 64.0 Å². The summed E-state index contributed by atoms with van der Waals surface area (Å²) in [6.45, 7) is 0.772. The first kappa shape index (κ1) is 19.1. The number of nitrogens with two attached hydrogens (primary N) is 1. The summed E-state index contributed by atoms with van der Waals surface area (Å²) in [5.41, 5.74) is 6.97. The number of guanidine groups is 1. The summed E-state index contributed by atoms with van der Waals surface area (Å²) in [7, 11) is -3.39. The lowest BCUT2D eigenvalue weighted by Crippen LogP contribution is -2.54. The van der Waals surface area contributed by atoms with E-state index in [0.717, 1.165) is 18.5 Å². The minimum absolute atomic E-state index is 0.0574. The molecule has 4 rings (SSSR count). The second-order valence-corrected chi connectivity index (χ2v) is 9.00. The first-order chi connectivity index (χ1) is 13.9. The summed E-state index contributed by atoms with van der Waals surface area (Å²) in [6, 6.07) is 15.6. The first-order valence-corrected chi connectivity index (χ1v) is 10.9. The third kappa shape index (κ3) is 4.14. The van der Waals surface area contributed by atoms with Crippen LogP contribution in [0.1, 0.15) is 17.9 Å². The van der Waals surface area contributed by atoms with E-state index < -0.39 is 9.84 Å². The monoisotopic (exact) mass is 411 g/mol. The zero-order valence-electron chi connectivity index (χ0n) is 15.7. The molecule has 1 aliphatic heterocycles. The van der Waals surface area contributed by atoms with Gasteiger partial charge in [0.25, 0.3) is 0 Å². The third-order valence-corrected chi connectivity index (χ3v) is 6.71. The maximum atomic E-state index is 12.5. The summed E-state index contributed by atoms with van der Waals surface area (Å²) in [4.78, 5) is 6.52. The maximum Gasteiger partial charge on any atom is 0.229 e. The van der Waals surface area contributed by atoms with E-state index in [9.17, 15) is 8.42 Å². The van der Waals surface area contributed by atoms with Gasteiger partial charge < -0.3 is 15.2 Å². The van der Waals surface area contributed by atoms with Crippen LogP contribution >= 0.6 is 0 Å². The normalized spacial score (nSPS) is 16.4. The maximum absolute atomic E-state index is 12.5. The number of hydrogen-bond donors (Lipinski definition) is 2. The predicted molar refractivity (Wildman–Crippen MR) is 108 cm³/mol. The van der Waals surface area contributed by atoms with Crippen LogP contribution in [0.25, 0.3) is 11.4 Å². The Bertz CT molecular complexity index is 1110. The number of nitrogens with one attached hydrogen (secondary N) is 1.